The second-order valence-corrected chi connectivity index (χ2v) is 10.2. The monoisotopic (exact) mass is 616 g/mol. The standard InChI is InChI=1S/C32H26ClFN4O6/c1-20-6-7-21(2)37(20)26-8-10-27(11-9-26)42-19-28-12-13-30(44-28)32(39)36-35-17-23-15-24(33)16-29(38(40)41)31(23)43-18-22-4-3-5-25(34)14-22/h3-17H,18-19H2,1-2H3,(H,36,39)/b35-17+. The zero-order valence-corrected chi connectivity index (χ0v) is 24.4. The van der Waals surface area contributed by atoms with Crippen molar-refractivity contribution in [3.05, 3.63) is 140 Å². The molecule has 1 N–H and O–H groups in total. The van der Waals surface area contributed by atoms with Gasteiger partial charge in [0, 0.05) is 33.7 Å². The van der Waals surface area contributed by atoms with E-state index in [4.69, 9.17) is 25.5 Å². The highest BCUT2D eigenvalue weighted by Gasteiger charge is 2.21. The van der Waals surface area contributed by atoms with Crippen molar-refractivity contribution >= 4 is 29.4 Å². The Morgan fingerprint density at radius 2 is 1.77 bits per heavy atom. The summed E-state index contributed by atoms with van der Waals surface area (Å²) in [5.41, 5.74) is 5.77. The smallest absolute Gasteiger partial charge is 0.313 e. The third-order valence-electron chi connectivity index (χ3n) is 6.53. The fourth-order valence-corrected chi connectivity index (χ4v) is 4.71. The summed E-state index contributed by atoms with van der Waals surface area (Å²) in [7, 11) is 0. The summed E-state index contributed by atoms with van der Waals surface area (Å²) in [6.45, 7) is 4.02. The molecule has 3 aromatic carbocycles. The molecule has 0 aliphatic heterocycles. The zero-order valence-electron chi connectivity index (χ0n) is 23.6. The second-order valence-electron chi connectivity index (χ2n) is 9.72. The summed E-state index contributed by atoms with van der Waals surface area (Å²) >= 11 is 6.07. The first-order valence-corrected chi connectivity index (χ1v) is 13.7. The average Bonchev–Trinajstić information content (AvgIpc) is 3.61. The van der Waals surface area contributed by atoms with E-state index >= 15 is 0 Å². The number of hydrazone groups is 1. The van der Waals surface area contributed by atoms with E-state index in [1.54, 1.807) is 12.1 Å². The van der Waals surface area contributed by atoms with Gasteiger partial charge in [0.25, 0.3) is 0 Å². The van der Waals surface area contributed by atoms with Gasteiger partial charge in [-0.1, -0.05) is 23.7 Å². The Bertz CT molecular complexity index is 1830. The number of amides is 1. The van der Waals surface area contributed by atoms with Crippen molar-refractivity contribution in [2.75, 3.05) is 0 Å². The highest BCUT2D eigenvalue weighted by Crippen LogP contribution is 2.34. The van der Waals surface area contributed by atoms with Crippen LogP contribution in [0.2, 0.25) is 5.02 Å². The number of ether oxygens (including phenoxy) is 2. The number of hydrogen-bond acceptors (Lipinski definition) is 7. The molecule has 5 aromatic rings. The molecule has 0 bridgehead atoms. The largest absolute Gasteiger partial charge is 0.486 e. The molecular weight excluding hydrogens is 591 g/mol. The predicted molar refractivity (Wildman–Crippen MR) is 162 cm³/mol. The van der Waals surface area contributed by atoms with Gasteiger partial charge in [-0.25, -0.2) is 9.82 Å². The van der Waals surface area contributed by atoms with Crippen molar-refractivity contribution < 1.29 is 28.0 Å². The number of nitro benzene ring substituents is 1. The zero-order chi connectivity index (χ0) is 31.2. The van der Waals surface area contributed by atoms with Crippen LogP contribution in [-0.4, -0.2) is 21.6 Å². The fraction of sp³-hybridized carbons (Fsp3) is 0.125. The number of halogens is 2. The van der Waals surface area contributed by atoms with Gasteiger partial charge in [-0.05, 0) is 86.1 Å². The minimum absolute atomic E-state index is 0.0192. The Morgan fingerprint density at radius 1 is 1.02 bits per heavy atom. The molecule has 224 valence electrons. The molecule has 2 aromatic heterocycles. The maximum Gasteiger partial charge on any atom is 0.313 e. The number of aryl methyl sites for hydroxylation is 2. The van der Waals surface area contributed by atoms with Crippen molar-refractivity contribution in [3.63, 3.8) is 0 Å². The lowest BCUT2D eigenvalue weighted by Gasteiger charge is -2.11. The first kappa shape index (κ1) is 30.1. The summed E-state index contributed by atoms with van der Waals surface area (Å²) in [4.78, 5) is 23.6. The maximum absolute atomic E-state index is 13.6. The number of carbonyl (C=O) groups excluding carboxylic acids is 1. The van der Waals surface area contributed by atoms with E-state index in [1.165, 1.54) is 30.3 Å². The number of nitro groups is 1. The van der Waals surface area contributed by atoms with Crippen LogP contribution in [0.3, 0.4) is 0 Å². The molecule has 0 saturated carbocycles. The molecule has 5 rings (SSSR count). The van der Waals surface area contributed by atoms with E-state index in [2.05, 4.69) is 27.2 Å². The van der Waals surface area contributed by atoms with Crippen LogP contribution in [0.15, 0.2) is 94.4 Å². The average molecular weight is 617 g/mol. The van der Waals surface area contributed by atoms with Crippen molar-refractivity contribution in [1.82, 2.24) is 9.99 Å². The lowest BCUT2D eigenvalue weighted by atomic mass is 10.2. The Balaban J connectivity index is 1.21. The number of nitrogens with zero attached hydrogens (tertiary/aromatic N) is 3. The van der Waals surface area contributed by atoms with E-state index in [9.17, 15) is 19.3 Å². The molecule has 12 heteroatoms. The Morgan fingerprint density at radius 3 is 2.48 bits per heavy atom. The molecule has 0 unspecified atom stereocenters. The van der Waals surface area contributed by atoms with Gasteiger partial charge in [-0.2, -0.15) is 5.10 Å². The van der Waals surface area contributed by atoms with Crippen LogP contribution < -0.4 is 14.9 Å². The Hall–Kier alpha value is -5.42. The van der Waals surface area contributed by atoms with E-state index in [1.807, 2.05) is 38.1 Å². The molecular formula is C32H26ClFN4O6. The van der Waals surface area contributed by atoms with E-state index in [0.29, 0.717) is 17.1 Å². The Labute approximate surface area is 256 Å². The number of rotatable bonds is 11. The van der Waals surface area contributed by atoms with E-state index in [-0.39, 0.29) is 35.3 Å². The van der Waals surface area contributed by atoms with Gasteiger partial charge < -0.3 is 18.5 Å². The number of hydrogen-bond donors (Lipinski definition) is 1. The summed E-state index contributed by atoms with van der Waals surface area (Å²) in [5, 5.41) is 15.6. The van der Waals surface area contributed by atoms with Gasteiger partial charge in [-0.15, -0.1) is 0 Å². The third kappa shape index (κ3) is 7.13. The molecule has 2 heterocycles. The molecule has 0 atom stereocenters. The van der Waals surface area contributed by atoms with Gasteiger partial charge in [0.1, 0.15) is 30.5 Å². The summed E-state index contributed by atoms with van der Waals surface area (Å²) in [6, 6.07) is 23.0. The summed E-state index contributed by atoms with van der Waals surface area (Å²) < 4.78 is 32.8. The number of nitrogens with one attached hydrogen (secondary N) is 1. The van der Waals surface area contributed by atoms with Crippen molar-refractivity contribution in [2.24, 2.45) is 5.10 Å². The third-order valence-corrected chi connectivity index (χ3v) is 6.75. The van der Waals surface area contributed by atoms with Gasteiger partial charge >= 0.3 is 11.6 Å². The molecule has 0 aliphatic carbocycles. The van der Waals surface area contributed by atoms with E-state index in [0.717, 1.165) is 29.4 Å². The number of aromatic nitrogens is 1. The van der Waals surface area contributed by atoms with Crippen LogP contribution in [0, 0.1) is 29.8 Å². The van der Waals surface area contributed by atoms with Gasteiger partial charge in [-0.3, -0.25) is 14.9 Å². The maximum atomic E-state index is 13.6. The Kier molecular flexibility index (Phi) is 9.06. The van der Waals surface area contributed by atoms with Gasteiger partial charge in [0.2, 0.25) is 5.75 Å². The number of furan rings is 1. The molecule has 0 fully saturated rings. The van der Waals surface area contributed by atoms with Crippen LogP contribution in [0.25, 0.3) is 5.69 Å². The van der Waals surface area contributed by atoms with Gasteiger partial charge in [0.15, 0.2) is 5.76 Å². The predicted octanol–water partition coefficient (Wildman–Crippen LogP) is 7.31. The highest BCUT2D eigenvalue weighted by molar-refractivity contribution is 6.31. The molecule has 0 radical (unpaired) electrons. The molecule has 0 spiro atoms. The molecule has 44 heavy (non-hydrogen) atoms. The molecule has 1 amide bonds. The van der Waals surface area contributed by atoms with Crippen LogP contribution >= 0.6 is 11.6 Å². The fourth-order valence-electron chi connectivity index (χ4n) is 4.49. The van der Waals surface area contributed by atoms with Crippen LogP contribution in [0.4, 0.5) is 10.1 Å². The highest BCUT2D eigenvalue weighted by atomic mass is 35.5. The molecule has 0 saturated heterocycles. The SMILES string of the molecule is Cc1ccc(C)n1-c1ccc(OCc2ccc(C(=O)N/N=C/c3cc(Cl)cc([N+](=O)[O-])c3OCc3cccc(F)c3)o2)cc1. The lowest BCUT2D eigenvalue weighted by Crippen LogP contribution is -2.17. The summed E-state index contributed by atoms with van der Waals surface area (Å²) in [5.74, 6) is -0.248. The first-order chi connectivity index (χ1) is 21.2. The van der Waals surface area contributed by atoms with Crippen LogP contribution in [-0.2, 0) is 13.2 Å². The van der Waals surface area contributed by atoms with Gasteiger partial charge in [0.05, 0.1) is 11.1 Å². The van der Waals surface area contributed by atoms with Crippen molar-refractivity contribution in [3.8, 4) is 17.2 Å². The van der Waals surface area contributed by atoms with Crippen molar-refractivity contribution in [2.45, 2.75) is 27.1 Å². The number of benzene rings is 3. The van der Waals surface area contributed by atoms with E-state index < -0.39 is 22.3 Å². The molecule has 10 nitrogen and oxygen atoms in total. The second kappa shape index (κ2) is 13.3. The normalized spacial score (nSPS) is 11.1. The minimum atomic E-state index is -0.659. The summed E-state index contributed by atoms with van der Waals surface area (Å²) in [6.07, 6.45) is 1.16. The quantitative estimate of drug-likeness (QED) is 0.0943. The topological polar surface area (TPSA) is 121 Å². The first-order valence-electron chi connectivity index (χ1n) is 13.3. The number of carbonyl (C=O) groups is 1. The van der Waals surface area contributed by atoms with Crippen LogP contribution in [0.1, 0.15) is 38.8 Å². The molecule has 0 aliphatic rings. The van der Waals surface area contributed by atoms with Crippen molar-refractivity contribution in [1.29, 1.82) is 0 Å². The minimum Gasteiger partial charge on any atom is -0.486 e. The lowest BCUT2D eigenvalue weighted by molar-refractivity contribution is -0.385. The van der Waals surface area contributed by atoms with Crippen LogP contribution in [0.5, 0.6) is 11.5 Å².